The molecule has 0 saturated heterocycles. The number of benzene rings is 1. The number of primary amides is 1. The van der Waals surface area contributed by atoms with Crippen LogP contribution in [0.15, 0.2) is 18.2 Å². The van der Waals surface area contributed by atoms with E-state index < -0.39 is 41.1 Å². The summed E-state index contributed by atoms with van der Waals surface area (Å²) in [6.07, 6.45) is -0.952. The van der Waals surface area contributed by atoms with E-state index >= 15 is 0 Å². The maximum absolute atomic E-state index is 13.6. The molecule has 0 aliphatic rings. The van der Waals surface area contributed by atoms with Crippen molar-refractivity contribution < 1.29 is 23.9 Å². The molecule has 1 rings (SSSR count). The first-order valence-electron chi connectivity index (χ1n) is 11.3. The van der Waals surface area contributed by atoms with E-state index in [2.05, 4.69) is 10.6 Å². The molecule has 0 spiro atoms. The van der Waals surface area contributed by atoms with E-state index in [1.807, 2.05) is 52.8 Å². The number of alkyl carbamates (subject to hydrolysis) is 1. The van der Waals surface area contributed by atoms with Crippen molar-refractivity contribution in [1.82, 2.24) is 15.5 Å². The van der Waals surface area contributed by atoms with E-state index in [4.69, 9.17) is 10.5 Å². The van der Waals surface area contributed by atoms with Gasteiger partial charge in [-0.1, -0.05) is 23.8 Å². The number of likely N-dealkylation sites (N-methyl/N-ethyl adjacent to an activating group) is 1. The standard InChI is InChI=1S/C25H40N4O5/c1-15-10-11-16(2)17(14-15)20(21(31)28-24(3,4)5)29(9)22(32)18(12-13-19(26)30)27-23(33)34-25(6,7)8/h10-11,14,18,20H,12-13H2,1-9H3,(H2,26,30)(H,27,33)(H,28,31). The Hall–Kier alpha value is -3.10. The van der Waals surface area contributed by atoms with Crippen LogP contribution in [0.3, 0.4) is 0 Å². The van der Waals surface area contributed by atoms with Gasteiger partial charge in [-0.2, -0.15) is 0 Å². The van der Waals surface area contributed by atoms with Crippen LogP contribution in [0.1, 0.15) is 77.1 Å². The zero-order valence-electron chi connectivity index (χ0n) is 21.9. The number of hydrogen-bond donors (Lipinski definition) is 3. The van der Waals surface area contributed by atoms with Gasteiger partial charge >= 0.3 is 6.09 Å². The van der Waals surface area contributed by atoms with Crippen molar-refractivity contribution in [3.8, 4) is 0 Å². The molecule has 0 fully saturated rings. The molecule has 0 aliphatic carbocycles. The molecule has 1 aromatic carbocycles. The fourth-order valence-corrected chi connectivity index (χ4v) is 3.39. The van der Waals surface area contributed by atoms with Crippen molar-refractivity contribution in [1.29, 1.82) is 0 Å². The normalized spacial score (nSPS) is 13.4. The largest absolute Gasteiger partial charge is 0.444 e. The lowest BCUT2D eigenvalue weighted by atomic mass is 9.95. The summed E-state index contributed by atoms with van der Waals surface area (Å²) in [6, 6.07) is 3.62. The molecule has 0 radical (unpaired) electrons. The van der Waals surface area contributed by atoms with Gasteiger partial charge in [-0.25, -0.2) is 4.79 Å². The molecular formula is C25H40N4O5. The van der Waals surface area contributed by atoms with Crippen LogP contribution in [0.4, 0.5) is 4.79 Å². The van der Waals surface area contributed by atoms with Gasteiger partial charge in [-0.05, 0) is 72.9 Å². The summed E-state index contributed by atoms with van der Waals surface area (Å²) in [7, 11) is 1.51. The van der Waals surface area contributed by atoms with Crippen molar-refractivity contribution >= 4 is 23.8 Å². The summed E-state index contributed by atoms with van der Waals surface area (Å²) < 4.78 is 5.28. The lowest BCUT2D eigenvalue weighted by Gasteiger charge is -2.34. The van der Waals surface area contributed by atoms with Crippen LogP contribution in [-0.4, -0.2) is 52.9 Å². The first-order valence-corrected chi connectivity index (χ1v) is 11.3. The predicted octanol–water partition coefficient (Wildman–Crippen LogP) is 2.88. The number of nitrogens with zero attached hydrogens (tertiary/aromatic N) is 1. The summed E-state index contributed by atoms with van der Waals surface area (Å²) in [5, 5.41) is 5.48. The lowest BCUT2D eigenvalue weighted by molar-refractivity contribution is -0.141. The van der Waals surface area contributed by atoms with Gasteiger partial charge in [0.05, 0.1) is 0 Å². The molecular weight excluding hydrogens is 436 g/mol. The summed E-state index contributed by atoms with van der Waals surface area (Å²) in [5.41, 5.74) is 6.42. The highest BCUT2D eigenvalue weighted by atomic mass is 16.6. The van der Waals surface area contributed by atoms with Crippen molar-refractivity contribution in [2.45, 2.75) is 91.5 Å². The molecule has 0 aliphatic heterocycles. The van der Waals surface area contributed by atoms with Gasteiger partial charge < -0.3 is 26.0 Å². The number of hydrogen-bond acceptors (Lipinski definition) is 5. The van der Waals surface area contributed by atoms with Gasteiger partial charge in [0.1, 0.15) is 17.7 Å². The second kappa shape index (κ2) is 11.4. The molecule has 4 N–H and O–H groups in total. The number of amides is 4. The van der Waals surface area contributed by atoms with Gasteiger partial charge in [-0.3, -0.25) is 14.4 Å². The van der Waals surface area contributed by atoms with Crippen molar-refractivity contribution in [3.05, 3.63) is 34.9 Å². The molecule has 4 amide bonds. The summed E-state index contributed by atoms with van der Waals surface area (Å²) in [6.45, 7) is 14.4. The topological polar surface area (TPSA) is 131 Å². The third-order valence-corrected chi connectivity index (χ3v) is 4.88. The van der Waals surface area contributed by atoms with Crippen LogP contribution in [0, 0.1) is 13.8 Å². The minimum absolute atomic E-state index is 0.0296. The number of nitrogens with one attached hydrogen (secondary N) is 2. The van der Waals surface area contributed by atoms with E-state index in [0.717, 1.165) is 11.1 Å². The Labute approximate surface area is 202 Å². The Bertz CT molecular complexity index is 915. The first kappa shape index (κ1) is 28.9. The minimum atomic E-state index is -1.11. The zero-order chi connectivity index (χ0) is 26.4. The number of carbonyl (C=O) groups is 4. The van der Waals surface area contributed by atoms with Crippen molar-refractivity contribution in [2.75, 3.05) is 7.05 Å². The van der Waals surface area contributed by atoms with Crippen LogP contribution in [0.25, 0.3) is 0 Å². The second-order valence-corrected chi connectivity index (χ2v) is 10.7. The van der Waals surface area contributed by atoms with Crippen LogP contribution >= 0.6 is 0 Å². The molecule has 9 heteroatoms. The van der Waals surface area contributed by atoms with E-state index in [1.165, 1.54) is 11.9 Å². The number of rotatable bonds is 8. The highest BCUT2D eigenvalue weighted by Gasteiger charge is 2.36. The lowest BCUT2D eigenvalue weighted by Crippen LogP contribution is -2.53. The molecule has 9 nitrogen and oxygen atoms in total. The second-order valence-electron chi connectivity index (χ2n) is 10.7. The Morgan fingerprint density at radius 2 is 1.65 bits per heavy atom. The number of carbonyl (C=O) groups excluding carboxylic acids is 4. The van der Waals surface area contributed by atoms with Crippen LogP contribution < -0.4 is 16.4 Å². The minimum Gasteiger partial charge on any atom is -0.444 e. The summed E-state index contributed by atoms with van der Waals surface area (Å²) in [4.78, 5) is 52.0. The molecule has 190 valence electrons. The smallest absolute Gasteiger partial charge is 0.408 e. The maximum Gasteiger partial charge on any atom is 0.408 e. The van der Waals surface area contributed by atoms with Crippen LogP contribution in [-0.2, 0) is 19.1 Å². The van der Waals surface area contributed by atoms with Crippen LogP contribution in [0.2, 0.25) is 0 Å². The quantitative estimate of drug-likeness (QED) is 0.531. The van der Waals surface area contributed by atoms with Crippen molar-refractivity contribution in [3.63, 3.8) is 0 Å². The van der Waals surface area contributed by atoms with E-state index in [9.17, 15) is 19.2 Å². The SMILES string of the molecule is Cc1ccc(C)c(C(C(=O)NC(C)(C)C)N(C)C(=O)C(CCC(N)=O)NC(=O)OC(C)(C)C)c1. The van der Waals surface area contributed by atoms with Gasteiger partial charge in [0.25, 0.3) is 0 Å². The van der Waals surface area contributed by atoms with Crippen molar-refractivity contribution in [2.24, 2.45) is 5.73 Å². The fourth-order valence-electron chi connectivity index (χ4n) is 3.39. The van der Waals surface area contributed by atoms with Gasteiger partial charge in [0.15, 0.2) is 0 Å². The highest BCUT2D eigenvalue weighted by Crippen LogP contribution is 2.26. The Kier molecular flexibility index (Phi) is 9.66. The predicted molar refractivity (Wildman–Crippen MR) is 131 cm³/mol. The molecule has 2 unspecified atom stereocenters. The Balaban J connectivity index is 3.38. The summed E-state index contributed by atoms with van der Waals surface area (Å²) >= 11 is 0. The number of ether oxygens (including phenoxy) is 1. The molecule has 0 bridgehead atoms. The molecule has 0 aromatic heterocycles. The average molecular weight is 477 g/mol. The fraction of sp³-hybridized carbons (Fsp3) is 0.600. The van der Waals surface area contributed by atoms with Gasteiger partial charge in [-0.15, -0.1) is 0 Å². The van der Waals surface area contributed by atoms with E-state index in [1.54, 1.807) is 20.8 Å². The number of nitrogens with two attached hydrogens (primary N) is 1. The summed E-state index contributed by atoms with van der Waals surface area (Å²) in [5.74, 6) is -1.51. The maximum atomic E-state index is 13.6. The first-order chi connectivity index (χ1) is 15.4. The van der Waals surface area contributed by atoms with E-state index in [-0.39, 0.29) is 18.7 Å². The molecule has 34 heavy (non-hydrogen) atoms. The van der Waals surface area contributed by atoms with E-state index in [0.29, 0.717) is 5.56 Å². The Morgan fingerprint density at radius 3 is 2.15 bits per heavy atom. The molecule has 2 atom stereocenters. The number of aryl methyl sites for hydroxylation is 2. The highest BCUT2D eigenvalue weighted by molar-refractivity contribution is 5.92. The third-order valence-electron chi connectivity index (χ3n) is 4.88. The zero-order valence-corrected chi connectivity index (χ0v) is 21.9. The third kappa shape index (κ3) is 9.41. The average Bonchev–Trinajstić information content (AvgIpc) is 2.64. The molecule has 0 heterocycles. The Morgan fingerprint density at radius 1 is 1.06 bits per heavy atom. The molecule has 1 aromatic rings. The monoisotopic (exact) mass is 476 g/mol. The van der Waals surface area contributed by atoms with Gasteiger partial charge in [0, 0.05) is 19.0 Å². The van der Waals surface area contributed by atoms with Crippen LogP contribution in [0.5, 0.6) is 0 Å². The van der Waals surface area contributed by atoms with Gasteiger partial charge in [0.2, 0.25) is 17.7 Å². The molecule has 0 saturated carbocycles.